The first-order valence-corrected chi connectivity index (χ1v) is 9.15. The maximum Gasteiger partial charge on any atom is 0.206 e. The molecule has 1 aromatic heterocycles. The quantitative estimate of drug-likeness (QED) is 0.574. The Bertz CT molecular complexity index is 516. The van der Waals surface area contributed by atoms with Crippen molar-refractivity contribution in [2.24, 2.45) is 0 Å². The van der Waals surface area contributed by atoms with Crippen molar-refractivity contribution in [1.29, 1.82) is 0 Å². The van der Waals surface area contributed by atoms with Gasteiger partial charge in [-0.2, -0.15) is 0 Å². The molecule has 2 aromatic rings. The maximum absolute atomic E-state index is 12.8. The van der Waals surface area contributed by atoms with E-state index in [4.69, 9.17) is 0 Å². The van der Waals surface area contributed by atoms with Crippen LogP contribution in [0.2, 0.25) is 0 Å². The summed E-state index contributed by atoms with van der Waals surface area (Å²) in [6.07, 6.45) is 1.08. The van der Waals surface area contributed by atoms with Crippen LogP contribution in [0, 0.1) is 5.82 Å². The molecule has 0 amide bonds. The number of hydrogen-bond acceptors (Lipinski definition) is 6. The third kappa shape index (κ3) is 5.30. The number of aromatic nitrogens is 2. The maximum atomic E-state index is 12.8. The molecule has 0 aliphatic carbocycles. The predicted octanol–water partition coefficient (Wildman–Crippen LogP) is 4.38. The summed E-state index contributed by atoms with van der Waals surface area (Å²) in [7, 11) is 0. The highest BCUT2D eigenvalue weighted by Gasteiger charge is 2.04. The molecule has 0 spiro atoms. The Hall–Kier alpha value is -0.790. The molecule has 0 atom stereocenters. The Morgan fingerprint density at radius 1 is 1.15 bits per heavy atom. The van der Waals surface area contributed by atoms with E-state index in [-0.39, 0.29) is 5.82 Å². The highest BCUT2D eigenvalue weighted by molar-refractivity contribution is 8.03. The van der Waals surface area contributed by atoms with Crippen LogP contribution in [-0.2, 0) is 0 Å². The van der Waals surface area contributed by atoms with Crippen LogP contribution in [-0.4, -0.2) is 28.2 Å². The summed E-state index contributed by atoms with van der Waals surface area (Å²) in [6, 6.07) is 6.60. The number of anilines is 1. The molecule has 0 radical (unpaired) electrons. The minimum atomic E-state index is -0.190. The monoisotopic (exact) mass is 329 g/mol. The molecule has 0 aliphatic rings. The third-order valence-electron chi connectivity index (χ3n) is 2.32. The molecule has 1 aromatic carbocycles. The van der Waals surface area contributed by atoms with Crippen molar-refractivity contribution >= 4 is 40.0 Å². The van der Waals surface area contributed by atoms with E-state index in [0.29, 0.717) is 0 Å². The summed E-state index contributed by atoms with van der Waals surface area (Å²) in [5, 5.41) is 12.3. The van der Waals surface area contributed by atoms with Crippen LogP contribution in [0.15, 0.2) is 33.5 Å². The molecule has 1 N–H and O–H groups in total. The molecule has 7 heteroatoms. The van der Waals surface area contributed by atoms with Gasteiger partial charge in [0.25, 0.3) is 0 Å². The fraction of sp³-hybridized carbons (Fsp3) is 0.385. The van der Waals surface area contributed by atoms with Gasteiger partial charge in [0.1, 0.15) is 5.82 Å². The van der Waals surface area contributed by atoms with Gasteiger partial charge >= 0.3 is 0 Å². The van der Waals surface area contributed by atoms with E-state index < -0.39 is 0 Å². The average molecular weight is 329 g/mol. The Kier molecular flexibility index (Phi) is 6.62. The highest BCUT2D eigenvalue weighted by atomic mass is 32.2. The van der Waals surface area contributed by atoms with Gasteiger partial charge in [-0.05, 0) is 30.7 Å². The van der Waals surface area contributed by atoms with Crippen LogP contribution in [0.1, 0.15) is 13.3 Å². The van der Waals surface area contributed by atoms with Crippen molar-refractivity contribution in [3.63, 3.8) is 0 Å². The smallest absolute Gasteiger partial charge is 0.206 e. The Balaban J connectivity index is 1.67. The van der Waals surface area contributed by atoms with Gasteiger partial charge in [0.05, 0.1) is 0 Å². The zero-order valence-electron chi connectivity index (χ0n) is 11.1. The van der Waals surface area contributed by atoms with Gasteiger partial charge in [0, 0.05) is 22.9 Å². The lowest BCUT2D eigenvalue weighted by Crippen LogP contribution is -1.98. The van der Waals surface area contributed by atoms with Crippen molar-refractivity contribution < 1.29 is 4.39 Å². The van der Waals surface area contributed by atoms with Crippen molar-refractivity contribution in [3.8, 4) is 0 Å². The van der Waals surface area contributed by atoms with E-state index in [1.165, 1.54) is 12.1 Å². The zero-order chi connectivity index (χ0) is 14.2. The molecule has 0 unspecified atom stereocenters. The topological polar surface area (TPSA) is 37.8 Å². The van der Waals surface area contributed by atoms with Crippen molar-refractivity contribution in [1.82, 2.24) is 10.2 Å². The van der Waals surface area contributed by atoms with E-state index in [1.807, 2.05) is 12.1 Å². The van der Waals surface area contributed by atoms with Gasteiger partial charge in [0.2, 0.25) is 5.13 Å². The molecule has 0 saturated heterocycles. The molecular formula is C13H16FN3S3. The lowest BCUT2D eigenvalue weighted by Gasteiger charge is -2.00. The number of thioether (sulfide) groups is 2. The number of nitrogens with zero attached hydrogens (tertiary/aromatic N) is 2. The van der Waals surface area contributed by atoms with Gasteiger partial charge < -0.3 is 5.32 Å². The van der Waals surface area contributed by atoms with Gasteiger partial charge in [-0.3, -0.25) is 0 Å². The Labute approximate surface area is 130 Å². The fourth-order valence-electron chi connectivity index (χ4n) is 1.39. The standard InChI is InChI=1S/C13H16FN3S3/c1-2-7-15-12-16-17-13(20-12)19-9-8-18-11-5-3-10(14)4-6-11/h3-6H,2,7-9H2,1H3,(H,15,16). The van der Waals surface area contributed by atoms with Gasteiger partial charge in [-0.25, -0.2) is 4.39 Å². The molecule has 3 nitrogen and oxygen atoms in total. The minimum Gasteiger partial charge on any atom is -0.360 e. The molecule has 0 saturated carbocycles. The van der Waals surface area contributed by atoms with E-state index in [9.17, 15) is 4.39 Å². The molecule has 1 heterocycles. The molecule has 108 valence electrons. The number of nitrogens with one attached hydrogen (secondary N) is 1. The van der Waals surface area contributed by atoms with E-state index in [2.05, 4.69) is 22.4 Å². The second-order valence-corrected chi connectivity index (χ2v) is 7.44. The second kappa shape index (κ2) is 8.49. The number of hydrogen-bond donors (Lipinski definition) is 1. The summed E-state index contributed by atoms with van der Waals surface area (Å²) < 4.78 is 13.7. The SMILES string of the molecule is CCCNc1nnc(SCCSc2ccc(F)cc2)s1. The summed E-state index contributed by atoms with van der Waals surface area (Å²) in [5.74, 6) is 1.74. The van der Waals surface area contributed by atoms with Crippen LogP contribution >= 0.6 is 34.9 Å². The number of benzene rings is 1. The normalized spacial score (nSPS) is 10.7. The largest absolute Gasteiger partial charge is 0.360 e. The molecular weight excluding hydrogens is 313 g/mol. The Morgan fingerprint density at radius 3 is 2.65 bits per heavy atom. The van der Waals surface area contributed by atoms with Crippen molar-refractivity contribution in [2.75, 3.05) is 23.4 Å². The summed E-state index contributed by atoms with van der Waals surface area (Å²) in [4.78, 5) is 1.09. The fourth-order valence-corrected chi connectivity index (χ4v) is 4.12. The van der Waals surface area contributed by atoms with Crippen LogP contribution in [0.25, 0.3) is 0 Å². The lowest BCUT2D eigenvalue weighted by molar-refractivity contribution is 0.626. The zero-order valence-corrected chi connectivity index (χ0v) is 13.6. The first kappa shape index (κ1) is 15.6. The summed E-state index contributed by atoms with van der Waals surface area (Å²) >= 11 is 5.02. The highest BCUT2D eigenvalue weighted by Crippen LogP contribution is 2.27. The van der Waals surface area contributed by atoms with Crippen LogP contribution in [0.3, 0.4) is 0 Å². The molecule has 0 bridgehead atoms. The van der Waals surface area contributed by atoms with Gasteiger partial charge in [-0.15, -0.1) is 22.0 Å². The van der Waals surface area contributed by atoms with Crippen LogP contribution < -0.4 is 5.32 Å². The summed E-state index contributed by atoms with van der Waals surface area (Å²) in [6.45, 7) is 3.05. The van der Waals surface area contributed by atoms with Gasteiger partial charge in [0.15, 0.2) is 4.34 Å². The second-order valence-electron chi connectivity index (χ2n) is 3.95. The van der Waals surface area contributed by atoms with E-state index in [1.54, 1.807) is 34.9 Å². The van der Waals surface area contributed by atoms with E-state index in [0.717, 1.165) is 38.8 Å². The average Bonchev–Trinajstić information content (AvgIpc) is 2.91. The van der Waals surface area contributed by atoms with Gasteiger partial charge in [-0.1, -0.05) is 30.0 Å². The molecule has 2 rings (SSSR count). The van der Waals surface area contributed by atoms with E-state index >= 15 is 0 Å². The molecule has 0 fully saturated rings. The molecule has 0 aliphatic heterocycles. The predicted molar refractivity (Wildman–Crippen MR) is 86.5 cm³/mol. The van der Waals surface area contributed by atoms with Crippen LogP contribution in [0.5, 0.6) is 0 Å². The number of halogens is 1. The number of rotatable bonds is 8. The lowest BCUT2D eigenvalue weighted by atomic mass is 10.4. The minimum absolute atomic E-state index is 0.190. The van der Waals surface area contributed by atoms with Crippen molar-refractivity contribution in [2.45, 2.75) is 22.6 Å². The van der Waals surface area contributed by atoms with Crippen molar-refractivity contribution in [3.05, 3.63) is 30.1 Å². The summed E-state index contributed by atoms with van der Waals surface area (Å²) in [5.41, 5.74) is 0. The van der Waals surface area contributed by atoms with Crippen LogP contribution in [0.4, 0.5) is 9.52 Å². The molecule has 20 heavy (non-hydrogen) atoms. The first-order chi connectivity index (χ1) is 9.78. The third-order valence-corrected chi connectivity index (χ3v) is 5.61. The first-order valence-electron chi connectivity index (χ1n) is 6.36. The Morgan fingerprint density at radius 2 is 1.90 bits per heavy atom.